The lowest BCUT2D eigenvalue weighted by atomic mass is 9.90. The molecule has 3 heteroatoms. The summed E-state index contributed by atoms with van der Waals surface area (Å²) in [6, 6.07) is 0. The van der Waals surface area contributed by atoms with Crippen molar-refractivity contribution in [2.45, 2.75) is 123 Å². The first-order valence-corrected chi connectivity index (χ1v) is 11.3. The Kier molecular flexibility index (Phi) is 18.2. The monoisotopic (exact) mass is 372 g/mol. The van der Waals surface area contributed by atoms with Gasteiger partial charge in [-0.05, 0) is 12.3 Å². The highest BCUT2D eigenvalue weighted by Gasteiger charge is 2.29. The van der Waals surface area contributed by atoms with Crippen molar-refractivity contribution in [1.29, 1.82) is 0 Å². The van der Waals surface area contributed by atoms with Gasteiger partial charge in [-0.1, -0.05) is 104 Å². The van der Waals surface area contributed by atoms with Crippen LogP contribution in [0.15, 0.2) is 0 Å². The van der Waals surface area contributed by atoms with Crippen LogP contribution in [-0.2, 0) is 14.2 Å². The van der Waals surface area contributed by atoms with Gasteiger partial charge in [-0.3, -0.25) is 0 Å². The van der Waals surface area contributed by atoms with Crippen LogP contribution in [0.3, 0.4) is 0 Å². The Morgan fingerprint density at radius 3 is 1.42 bits per heavy atom. The fourth-order valence-corrected chi connectivity index (χ4v) is 3.85. The molecule has 0 aromatic carbocycles. The molecule has 0 aliphatic heterocycles. The molecule has 0 radical (unpaired) electrons. The topological polar surface area (TPSA) is 27.7 Å². The molecule has 0 saturated carbocycles. The standard InChI is InChI=1S/C23H48O3/c1-6-8-10-11-12-13-14-16-19-22(18-15-9-7-2)20-17-21-23(24-3,25-4)26-5/h22H,6-21H2,1-5H3. The fraction of sp³-hybridized carbons (Fsp3) is 1.00. The van der Waals surface area contributed by atoms with Crippen LogP contribution in [0.4, 0.5) is 0 Å². The Labute approximate surface area is 164 Å². The van der Waals surface area contributed by atoms with Gasteiger partial charge in [-0.2, -0.15) is 0 Å². The summed E-state index contributed by atoms with van der Waals surface area (Å²) in [5.41, 5.74) is 0. The largest absolute Gasteiger partial charge is 0.331 e. The number of methoxy groups -OCH3 is 3. The van der Waals surface area contributed by atoms with E-state index in [1.165, 1.54) is 89.9 Å². The van der Waals surface area contributed by atoms with Crippen LogP contribution >= 0.6 is 0 Å². The van der Waals surface area contributed by atoms with Gasteiger partial charge in [0, 0.05) is 27.8 Å². The van der Waals surface area contributed by atoms with E-state index in [1.807, 2.05) is 0 Å². The maximum atomic E-state index is 5.43. The van der Waals surface area contributed by atoms with Crippen molar-refractivity contribution in [2.75, 3.05) is 21.3 Å². The smallest absolute Gasteiger partial charge is 0.282 e. The van der Waals surface area contributed by atoms with Gasteiger partial charge in [0.15, 0.2) is 0 Å². The predicted octanol–water partition coefficient (Wildman–Crippen LogP) is 7.48. The quantitative estimate of drug-likeness (QED) is 0.164. The summed E-state index contributed by atoms with van der Waals surface area (Å²) in [5.74, 6) is -0.00294. The molecule has 0 saturated heterocycles. The zero-order chi connectivity index (χ0) is 19.5. The van der Waals surface area contributed by atoms with Gasteiger partial charge in [0.25, 0.3) is 5.97 Å². The normalized spacial score (nSPS) is 13.3. The van der Waals surface area contributed by atoms with Gasteiger partial charge in [-0.15, -0.1) is 0 Å². The van der Waals surface area contributed by atoms with Gasteiger partial charge in [0.2, 0.25) is 0 Å². The molecule has 1 atom stereocenters. The molecular weight excluding hydrogens is 324 g/mol. The molecule has 0 fully saturated rings. The van der Waals surface area contributed by atoms with Gasteiger partial charge >= 0.3 is 0 Å². The number of unbranched alkanes of at least 4 members (excludes halogenated alkanes) is 9. The molecule has 0 aliphatic rings. The van der Waals surface area contributed by atoms with E-state index in [1.54, 1.807) is 21.3 Å². The average molecular weight is 373 g/mol. The van der Waals surface area contributed by atoms with Crippen molar-refractivity contribution in [3.05, 3.63) is 0 Å². The third-order valence-corrected chi connectivity index (χ3v) is 5.71. The minimum atomic E-state index is -0.855. The second kappa shape index (κ2) is 18.3. The molecule has 0 bridgehead atoms. The van der Waals surface area contributed by atoms with E-state index in [9.17, 15) is 0 Å². The zero-order valence-corrected chi connectivity index (χ0v) is 18.6. The predicted molar refractivity (Wildman–Crippen MR) is 112 cm³/mol. The first kappa shape index (κ1) is 25.9. The van der Waals surface area contributed by atoms with E-state index in [0.29, 0.717) is 0 Å². The molecule has 0 aromatic rings. The number of hydrogen-bond donors (Lipinski definition) is 0. The second-order valence-electron chi connectivity index (χ2n) is 7.81. The van der Waals surface area contributed by atoms with E-state index in [0.717, 1.165) is 18.8 Å². The summed E-state index contributed by atoms with van der Waals surface area (Å²) in [7, 11) is 4.98. The highest BCUT2D eigenvalue weighted by Crippen LogP contribution is 2.27. The van der Waals surface area contributed by atoms with E-state index in [4.69, 9.17) is 14.2 Å². The van der Waals surface area contributed by atoms with Gasteiger partial charge < -0.3 is 14.2 Å². The van der Waals surface area contributed by atoms with E-state index in [2.05, 4.69) is 13.8 Å². The van der Waals surface area contributed by atoms with Crippen LogP contribution in [0.5, 0.6) is 0 Å². The molecule has 158 valence electrons. The SMILES string of the molecule is CCCCCCCCCCC(CCCCC)CCCC(OC)(OC)OC. The van der Waals surface area contributed by atoms with Crippen molar-refractivity contribution >= 4 is 0 Å². The van der Waals surface area contributed by atoms with Gasteiger partial charge in [0.05, 0.1) is 0 Å². The van der Waals surface area contributed by atoms with Crippen LogP contribution in [0.1, 0.15) is 117 Å². The number of ether oxygens (including phenoxy) is 3. The third kappa shape index (κ3) is 13.1. The maximum Gasteiger partial charge on any atom is 0.282 e. The highest BCUT2D eigenvalue weighted by atomic mass is 16.9. The van der Waals surface area contributed by atoms with E-state index in [-0.39, 0.29) is 0 Å². The molecule has 0 aliphatic carbocycles. The fourth-order valence-electron chi connectivity index (χ4n) is 3.85. The second-order valence-corrected chi connectivity index (χ2v) is 7.81. The number of rotatable bonds is 20. The van der Waals surface area contributed by atoms with Crippen molar-refractivity contribution in [3.63, 3.8) is 0 Å². The van der Waals surface area contributed by atoms with Crippen LogP contribution in [-0.4, -0.2) is 27.3 Å². The van der Waals surface area contributed by atoms with Crippen LogP contribution in [0.25, 0.3) is 0 Å². The minimum absolute atomic E-state index is 0.804. The Morgan fingerprint density at radius 2 is 0.923 bits per heavy atom. The molecular formula is C23H48O3. The summed E-state index contributed by atoms with van der Waals surface area (Å²) in [6.45, 7) is 4.58. The molecule has 3 nitrogen and oxygen atoms in total. The van der Waals surface area contributed by atoms with Gasteiger partial charge in [0.1, 0.15) is 0 Å². The first-order valence-electron chi connectivity index (χ1n) is 11.3. The molecule has 0 rings (SSSR count). The Bertz CT molecular complexity index is 268. The van der Waals surface area contributed by atoms with Crippen LogP contribution in [0.2, 0.25) is 0 Å². The van der Waals surface area contributed by atoms with Crippen molar-refractivity contribution in [2.24, 2.45) is 5.92 Å². The van der Waals surface area contributed by atoms with Gasteiger partial charge in [-0.25, -0.2) is 0 Å². The third-order valence-electron chi connectivity index (χ3n) is 5.71. The maximum absolute atomic E-state index is 5.43. The lowest BCUT2D eigenvalue weighted by Gasteiger charge is -2.29. The average Bonchev–Trinajstić information content (AvgIpc) is 2.67. The summed E-state index contributed by atoms with van der Waals surface area (Å²) >= 11 is 0. The highest BCUT2D eigenvalue weighted by molar-refractivity contribution is 4.64. The van der Waals surface area contributed by atoms with E-state index < -0.39 is 5.97 Å². The molecule has 0 aromatic heterocycles. The summed E-state index contributed by atoms with van der Waals surface area (Å²) in [6.07, 6.45) is 21.3. The Balaban J connectivity index is 4.03. The lowest BCUT2D eigenvalue weighted by molar-refractivity contribution is -0.355. The molecule has 0 heterocycles. The molecule has 0 amide bonds. The van der Waals surface area contributed by atoms with E-state index >= 15 is 0 Å². The molecule has 0 N–H and O–H groups in total. The summed E-state index contributed by atoms with van der Waals surface area (Å²) in [5, 5.41) is 0. The molecule has 1 unspecified atom stereocenters. The summed E-state index contributed by atoms with van der Waals surface area (Å²) in [4.78, 5) is 0. The van der Waals surface area contributed by atoms with Crippen LogP contribution in [0, 0.1) is 5.92 Å². The van der Waals surface area contributed by atoms with Crippen molar-refractivity contribution in [1.82, 2.24) is 0 Å². The minimum Gasteiger partial charge on any atom is -0.331 e. The molecule has 26 heavy (non-hydrogen) atoms. The van der Waals surface area contributed by atoms with Crippen molar-refractivity contribution < 1.29 is 14.2 Å². The van der Waals surface area contributed by atoms with Crippen molar-refractivity contribution in [3.8, 4) is 0 Å². The Morgan fingerprint density at radius 1 is 0.538 bits per heavy atom. The Hall–Kier alpha value is -0.120. The molecule has 0 spiro atoms. The number of hydrogen-bond acceptors (Lipinski definition) is 3. The lowest BCUT2D eigenvalue weighted by Crippen LogP contribution is -2.35. The zero-order valence-electron chi connectivity index (χ0n) is 18.6. The van der Waals surface area contributed by atoms with Crippen LogP contribution < -0.4 is 0 Å². The summed E-state index contributed by atoms with van der Waals surface area (Å²) < 4.78 is 16.3. The first-order chi connectivity index (χ1) is 12.7.